The smallest absolute Gasteiger partial charge is 0.150 e. The molecule has 0 spiro atoms. The van der Waals surface area contributed by atoms with Crippen molar-refractivity contribution in [2.24, 2.45) is 0 Å². The molecule has 0 unspecified atom stereocenters. The first-order valence-electron chi connectivity index (χ1n) is 3.00. The van der Waals surface area contributed by atoms with E-state index in [0.717, 1.165) is 11.3 Å². The van der Waals surface area contributed by atoms with E-state index in [1.165, 1.54) is 0 Å². The van der Waals surface area contributed by atoms with Gasteiger partial charge < -0.3 is 0 Å². The van der Waals surface area contributed by atoms with Crippen molar-refractivity contribution in [2.45, 2.75) is 6.92 Å². The van der Waals surface area contributed by atoms with Gasteiger partial charge in [0.2, 0.25) is 0 Å². The maximum atomic E-state index is 4.03. The molecular formula is C6H6N4. The molecule has 0 amide bonds. The van der Waals surface area contributed by atoms with E-state index in [1.807, 2.05) is 13.0 Å². The molecule has 0 aliphatic heterocycles. The van der Waals surface area contributed by atoms with Crippen LogP contribution in [0, 0.1) is 6.92 Å². The van der Waals surface area contributed by atoms with Crippen LogP contribution < -0.4 is 0 Å². The van der Waals surface area contributed by atoms with Crippen LogP contribution in [0.5, 0.6) is 0 Å². The van der Waals surface area contributed by atoms with Crippen LogP contribution >= 0.6 is 0 Å². The first-order valence-corrected chi connectivity index (χ1v) is 3.00. The Morgan fingerprint density at radius 3 is 3.20 bits per heavy atom. The van der Waals surface area contributed by atoms with E-state index in [9.17, 15) is 0 Å². The lowest BCUT2D eigenvalue weighted by Gasteiger charge is -1.92. The van der Waals surface area contributed by atoms with Crippen molar-refractivity contribution >= 4 is 5.52 Å². The van der Waals surface area contributed by atoms with Crippen LogP contribution in [0.3, 0.4) is 0 Å². The second-order valence-electron chi connectivity index (χ2n) is 2.06. The topological polar surface area (TPSA) is 43.1 Å². The normalized spacial score (nSPS) is 10.5. The van der Waals surface area contributed by atoms with Crippen molar-refractivity contribution in [3.63, 3.8) is 0 Å². The zero-order chi connectivity index (χ0) is 6.97. The Balaban J connectivity index is 2.95. The lowest BCUT2D eigenvalue weighted by atomic mass is 10.5. The van der Waals surface area contributed by atoms with E-state index in [2.05, 4.69) is 15.3 Å². The third-order valence-corrected chi connectivity index (χ3v) is 1.37. The molecule has 0 aliphatic rings. The number of hydrogen-bond acceptors (Lipinski definition) is 3. The SMILES string of the molecule is Cc1nncc2ccnn12. The molecule has 0 saturated heterocycles. The third kappa shape index (κ3) is 0.586. The summed E-state index contributed by atoms with van der Waals surface area (Å²) in [6.45, 7) is 1.87. The molecule has 0 aromatic carbocycles. The molecule has 0 radical (unpaired) electrons. The maximum absolute atomic E-state index is 4.03. The quantitative estimate of drug-likeness (QED) is 0.524. The number of aromatic nitrogens is 4. The van der Waals surface area contributed by atoms with Gasteiger partial charge in [-0.15, -0.1) is 5.10 Å². The Morgan fingerprint density at radius 1 is 1.50 bits per heavy atom. The van der Waals surface area contributed by atoms with Crippen molar-refractivity contribution in [2.75, 3.05) is 0 Å². The Hall–Kier alpha value is -1.45. The number of nitrogens with zero attached hydrogens (tertiary/aromatic N) is 4. The first-order chi connectivity index (χ1) is 4.88. The van der Waals surface area contributed by atoms with E-state index in [1.54, 1.807) is 16.9 Å². The first kappa shape index (κ1) is 5.34. The molecule has 0 aliphatic carbocycles. The van der Waals surface area contributed by atoms with Crippen molar-refractivity contribution < 1.29 is 0 Å². The summed E-state index contributed by atoms with van der Waals surface area (Å²) < 4.78 is 1.74. The van der Waals surface area contributed by atoms with Gasteiger partial charge in [-0.3, -0.25) is 0 Å². The standard InChI is InChI=1S/C6H6N4/c1-5-9-7-4-6-2-3-8-10(5)6/h2-4H,1H3. The average Bonchev–Trinajstić information content (AvgIpc) is 2.36. The number of aryl methyl sites for hydroxylation is 1. The lowest BCUT2D eigenvalue weighted by molar-refractivity contribution is 0.808. The Morgan fingerprint density at radius 2 is 2.40 bits per heavy atom. The minimum absolute atomic E-state index is 0.808. The average molecular weight is 134 g/mol. The molecule has 50 valence electrons. The summed E-state index contributed by atoms with van der Waals surface area (Å²) >= 11 is 0. The molecule has 4 heteroatoms. The van der Waals surface area contributed by atoms with Gasteiger partial charge in [0.05, 0.1) is 17.9 Å². The predicted molar refractivity (Wildman–Crippen MR) is 35.5 cm³/mol. The summed E-state index contributed by atoms with van der Waals surface area (Å²) in [6, 6.07) is 1.89. The molecule has 0 atom stereocenters. The summed E-state index contributed by atoms with van der Waals surface area (Å²) in [5.41, 5.74) is 0.979. The molecule has 0 bridgehead atoms. The van der Waals surface area contributed by atoms with Gasteiger partial charge in [-0.05, 0) is 13.0 Å². The van der Waals surface area contributed by atoms with Gasteiger partial charge in [0.15, 0.2) is 0 Å². The van der Waals surface area contributed by atoms with E-state index in [0.29, 0.717) is 0 Å². The van der Waals surface area contributed by atoms with Crippen LogP contribution in [0.4, 0.5) is 0 Å². The molecule has 0 saturated carbocycles. The molecule has 10 heavy (non-hydrogen) atoms. The second kappa shape index (κ2) is 1.76. The fourth-order valence-corrected chi connectivity index (χ4v) is 0.896. The van der Waals surface area contributed by atoms with Crippen molar-refractivity contribution in [1.82, 2.24) is 19.8 Å². The molecule has 0 N–H and O–H groups in total. The van der Waals surface area contributed by atoms with E-state index >= 15 is 0 Å². The van der Waals surface area contributed by atoms with Crippen LogP contribution in [0.1, 0.15) is 5.82 Å². The Bertz CT molecular complexity index is 351. The minimum atomic E-state index is 0.808. The fraction of sp³-hybridized carbons (Fsp3) is 0.167. The fourth-order valence-electron chi connectivity index (χ4n) is 0.896. The summed E-state index contributed by atoms with van der Waals surface area (Å²) in [4.78, 5) is 0. The number of hydrogen-bond donors (Lipinski definition) is 0. The van der Waals surface area contributed by atoms with Crippen LogP contribution in [-0.2, 0) is 0 Å². The molecule has 2 aromatic heterocycles. The van der Waals surface area contributed by atoms with E-state index in [4.69, 9.17) is 0 Å². The lowest BCUT2D eigenvalue weighted by Crippen LogP contribution is -1.97. The van der Waals surface area contributed by atoms with Crippen LogP contribution in [0.2, 0.25) is 0 Å². The predicted octanol–water partition coefficient (Wildman–Crippen LogP) is 0.433. The highest BCUT2D eigenvalue weighted by atomic mass is 15.3. The summed E-state index contributed by atoms with van der Waals surface area (Å²) in [6.07, 6.45) is 3.41. The Kier molecular flexibility index (Phi) is 0.943. The van der Waals surface area contributed by atoms with E-state index < -0.39 is 0 Å². The van der Waals surface area contributed by atoms with E-state index in [-0.39, 0.29) is 0 Å². The number of fused-ring (bicyclic) bond motifs is 1. The maximum Gasteiger partial charge on any atom is 0.150 e. The minimum Gasteiger partial charge on any atom is -0.216 e. The van der Waals surface area contributed by atoms with Crippen LogP contribution in [0.25, 0.3) is 5.52 Å². The van der Waals surface area contributed by atoms with Crippen LogP contribution in [0.15, 0.2) is 18.5 Å². The third-order valence-electron chi connectivity index (χ3n) is 1.37. The highest BCUT2D eigenvalue weighted by Gasteiger charge is 1.94. The van der Waals surface area contributed by atoms with Crippen molar-refractivity contribution in [1.29, 1.82) is 0 Å². The van der Waals surface area contributed by atoms with Gasteiger partial charge >= 0.3 is 0 Å². The summed E-state index contributed by atoms with van der Waals surface area (Å²) in [5, 5.41) is 11.6. The van der Waals surface area contributed by atoms with Gasteiger partial charge in [-0.2, -0.15) is 10.2 Å². The van der Waals surface area contributed by atoms with Crippen molar-refractivity contribution in [3.05, 3.63) is 24.3 Å². The van der Waals surface area contributed by atoms with Crippen LogP contribution in [-0.4, -0.2) is 19.8 Å². The molecule has 2 aromatic rings. The second-order valence-corrected chi connectivity index (χ2v) is 2.06. The van der Waals surface area contributed by atoms with Crippen molar-refractivity contribution in [3.8, 4) is 0 Å². The Labute approximate surface area is 57.5 Å². The molecule has 4 nitrogen and oxygen atoms in total. The largest absolute Gasteiger partial charge is 0.216 e. The van der Waals surface area contributed by atoms with Gasteiger partial charge in [-0.25, -0.2) is 4.52 Å². The van der Waals surface area contributed by atoms with Gasteiger partial charge in [0.25, 0.3) is 0 Å². The highest BCUT2D eigenvalue weighted by molar-refractivity contribution is 5.41. The monoisotopic (exact) mass is 134 g/mol. The highest BCUT2D eigenvalue weighted by Crippen LogP contribution is 1.98. The zero-order valence-corrected chi connectivity index (χ0v) is 5.52. The molecule has 2 heterocycles. The van der Waals surface area contributed by atoms with Gasteiger partial charge in [0.1, 0.15) is 5.82 Å². The summed E-state index contributed by atoms with van der Waals surface area (Å²) in [5.74, 6) is 0.808. The van der Waals surface area contributed by atoms with Gasteiger partial charge in [0, 0.05) is 0 Å². The molecular weight excluding hydrogens is 128 g/mol. The zero-order valence-electron chi connectivity index (χ0n) is 5.52. The molecule has 2 rings (SSSR count). The summed E-state index contributed by atoms with van der Waals surface area (Å²) in [7, 11) is 0. The number of rotatable bonds is 0. The van der Waals surface area contributed by atoms with Gasteiger partial charge in [-0.1, -0.05) is 0 Å². The molecule has 0 fully saturated rings.